The predicted octanol–water partition coefficient (Wildman–Crippen LogP) is 0.490. The van der Waals surface area contributed by atoms with E-state index in [1.165, 1.54) is 23.7 Å². The fourth-order valence-corrected chi connectivity index (χ4v) is 2.08. The zero-order valence-electron chi connectivity index (χ0n) is 8.44. The van der Waals surface area contributed by atoms with Gasteiger partial charge in [0.15, 0.2) is 5.57 Å². The lowest BCUT2D eigenvalue weighted by molar-refractivity contribution is -0.138. The fourth-order valence-electron chi connectivity index (χ4n) is 1.06. The van der Waals surface area contributed by atoms with Crippen molar-refractivity contribution in [1.29, 1.82) is 5.26 Å². The minimum atomic E-state index is -0.677. The molecule has 1 rings (SSSR count). The SMILES string of the molecule is CCOC(=O)/C(C#N)=C1/SCC(=O)N1C. The average Bonchev–Trinajstić information content (AvgIpc) is 2.51. The van der Waals surface area contributed by atoms with Crippen molar-refractivity contribution >= 4 is 23.6 Å². The van der Waals surface area contributed by atoms with Crippen molar-refractivity contribution < 1.29 is 14.3 Å². The van der Waals surface area contributed by atoms with E-state index < -0.39 is 5.97 Å². The Morgan fingerprint density at radius 3 is 2.80 bits per heavy atom. The Morgan fingerprint density at radius 2 is 2.40 bits per heavy atom. The van der Waals surface area contributed by atoms with Crippen molar-refractivity contribution in [3.8, 4) is 6.07 Å². The quantitative estimate of drug-likeness (QED) is 0.389. The predicted molar refractivity (Wildman–Crippen MR) is 54.5 cm³/mol. The number of hydrogen-bond donors (Lipinski definition) is 0. The Hall–Kier alpha value is -1.48. The lowest BCUT2D eigenvalue weighted by Crippen LogP contribution is -2.21. The number of nitrogens with zero attached hydrogens (tertiary/aromatic N) is 2. The molecule has 0 atom stereocenters. The number of nitriles is 1. The summed E-state index contributed by atoms with van der Waals surface area (Å²) in [6.07, 6.45) is 0. The second kappa shape index (κ2) is 4.84. The number of carbonyl (C=O) groups is 2. The third-order valence-corrected chi connectivity index (χ3v) is 2.96. The molecule has 0 bridgehead atoms. The van der Waals surface area contributed by atoms with Gasteiger partial charge in [0.1, 0.15) is 11.1 Å². The molecule has 0 aromatic heterocycles. The maximum Gasteiger partial charge on any atom is 0.351 e. The first-order chi connectivity index (χ1) is 7.11. The molecule has 1 fully saturated rings. The molecule has 80 valence electrons. The number of esters is 1. The van der Waals surface area contributed by atoms with Crippen LogP contribution in [0.3, 0.4) is 0 Å². The maximum atomic E-state index is 11.4. The van der Waals surface area contributed by atoms with E-state index in [1.807, 2.05) is 0 Å². The van der Waals surface area contributed by atoms with E-state index in [1.54, 1.807) is 13.0 Å². The van der Waals surface area contributed by atoms with E-state index in [-0.39, 0.29) is 23.8 Å². The smallest absolute Gasteiger partial charge is 0.351 e. The van der Waals surface area contributed by atoms with Gasteiger partial charge in [0, 0.05) is 7.05 Å². The summed E-state index contributed by atoms with van der Waals surface area (Å²) >= 11 is 1.18. The standard InChI is InChI=1S/C9H10N2O3S/c1-3-14-9(13)6(4-10)8-11(2)7(12)5-15-8/h3,5H2,1-2H3/b8-6+. The van der Waals surface area contributed by atoms with Crippen molar-refractivity contribution in [3.05, 3.63) is 10.6 Å². The van der Waals surface area contributed by atoms with Gasteiger partial charge in [0.25, 0.3) is 0 Å². The molecule has 0 aromatic carbocycles. The Morgan fingerprint density at radius 1 is 1.73 bits per heavy atom. The number of rotatable bonds is 2. The molecule has 0 saturated carbocycles. The summed E-state index contributed by atoms with van der Waals surface area (Å²) in [5.41, 5.74) is -0.102. The van der Waals surface area contributed by atoms with Crippen molar-refractivity contribution in [2.75, 3.05) is 19.4 Å². The molecule has 6 heteroatoms. The topological polar surface area (TPSA) is 70.4 Å². The summed E-state index contributed by atoms with van der Waals surface area (Å²) in [5, 5.41) is 9.20. The van der Waals surface area contributed by atoms with Gasteiger partial charge in [-0.3, -0.25) is 4.79 Å². The second-order valence-electron chi connectivity index (χ2n) is 2.75. The van der Waals surface area contributed by atoms with Crippen LogP contribution in [-0.2, 0) is 14.3 Å². The number of carbonyl (C=O) groups excluding carboxylic acids is 2. The number of ether oxygens (including phenoxy) is 1. The van der Waals surface area contributed by atoms with E-state index in [4.69, 9.17) is 10.00 Å². The summed E-state index contributed by atoms with van der Waals surface area (Å²) in [6.45, 7) is 1.87. The lowest BCUT2D eigenvalue weighted by Gasteiger charge is -2.10. The molecule has 0 N–H and O–H groups in total. The third kappa shape index (κ3) is 2.30. The largest absolute Gasteiger partial charge is 0.462 e. The summed E-state index contributed by atoms with van der Waals surface area (Å²) in [5.74, 6) is -0.535. The van der Waals surface area contributed by atoms with Gasteiger partial charge in [0.2, 0.25) is 5.91 Å². The van der Waals surface area contributed by atoms with Crippen LogP contribution in [0.4, 0.5) is 0 Å². The Kier molecular flexibility index (Phi) is 3.74. The Balaban J connectivity index is 3.00. The molecule has 5 nitrogen and oxygen atoms in total. The highest BCUT2D eigenvalue weighted by atomic mass is 32.2. The van der Waals surface area contributed by atoms with Gasteiger partial charge in [-0.2, -0.15) is 5.26 Å². The Bertz CT molecular complexity index is 370. The first kappa shape index (κ1) is 11.6. The molecule has 1 aliphatic rings. The average molecular weight is 226 g/mol. The highest BCUT2D eigenvalue weighted by Gasteiger charge is 2.29. The Labute approximate surface area is 91.7 Å². The van der Waals surface area contributed by atoms with Crippen LogP contribution in [0.2, 0.25) is 0 Å². The first-order valence-corrected chi connectivity index (χ1v) is 5.31. The molecule has 0 unspecified atom stereocenters. The normalized spacial score (nSPS) is 18.7. The van der Waals surface area contributed by atoms with Gasteiger partial charge in [-0.05, 0) is 6.92 Å². The molecular weight excluding hydrogens is 216 g/mol. The van der Waals surface area contributed by atoms with E-state index in [9.17, 15) is 9.59 Å². The molecule has 0 aromatic rings. The van der Waals surface area contributed by atoms with Crippen LogP contribution in [0.5, 0.6) is 0 Å². The van der Waals surface area contributed by atoms with E-state index in [2.05, 4.69) is 0 Å². The lowest BCUT2D eigenvalue weighted by atomic mass is 10.3. The van der Waals surface area contributed by atoms with Crippen LogP contribution in [-0.4, -0.2) is 36.2 Å². The monoisotopic (exact) mass is 226 g/mol. The van der Waals surface area contributed by atoms with E-state index >= 15 is 0 Å². The zero-order chi connectivity index (χ0) is 11.4. The highest BCUT2D eigenvalue weighted by Crippen LogP contribution is 2.30. The summed E-state index contributed by atoms with van der Waals surface area (Å²) in [4.78, 5) is 23.9. The first-order valence-electron chi connectivity index (χ1n) is 4.32. The van der Waals surface area contributed by atoms with Crippen molar-refractivity contribution in [1.82, 2.24) is 4.90 Å². The summed E-state index contributed by atoms with van der Waals surface area (Å²) < 4.78 is 4.72. The zero-order valence-corrected chi connectivity index (χ0v) is 9.26. The van der Waals surface area contributed by atoms with Crippen LogP contribution in [0.15, 0.2) is 10.6 Å². The molecule has 0 radical (unpaired) electrons. The second-order valence-corrected chi connectivity index (χ2v) is 3.72. The molecule has 1 heterocycles. The van der Waals surface area contributed by atoms with Gasteiger partial charge >= 0.3 is 5.97 Å². The molecule has 15 heavy (non-hydrogen) atoms. The van der Waals surface area contributed by atoms with Gasteiger partial charge in [0.05, 0.1) is 12.4 Å². The minimum Gasteiger partial charge on any atom is -0.462 e. The van der Waals surface area contributed by atoms with Gasteiger partial charge in [-0.25, -0.2) is 4.79 Å². The number of thioether (sulfide) groups is 1. The fraction of sp³-hybridized carbons (Fsp3) is 0.444. The van der Waals surface area contributed by atoms with Crippen LogP contribution in [0.25, 0.3) is 0 Å². The van der Waals surface area contributed by atoms with E-state index in [0.29, 0.717) is 5.03 Å². The number of amides is 1. The molecule has 0 spiro atoms. The van der Waals surface area contributed by atoms with Crippen molar-refractivity contribution in [2.45, 2.75) is 6.92 Å². The number of hydrogen-bond acceptors (Lipinski definition) is 5. The minimum absolute atomic E-state index is 0.102. The van der Waals surface area contributed by atoms with Gasteiger partial charge in [-0.1, -0.05) is 11.8 Å². The van der Waals surface area contributed by atoms with Gasteiger partial charge < -0.3 is 9.64 Å². The van der Waals surface area contributed by atoms with Crippen LogP contribution in [0, 0.1) is 11.3 Å². The molecule has 1 amide bonds. The third-order valence-electron chi connectivity index (χ3n) is 1.82. The van der Waals surface area contributed by atoms with Crippen molar-refractivity contribution in [3.63, 3.8) is 0 Å². The summed E-state index contributed by atoms with van der Waals surface area (Å²) in [6, 6.07) is 1.77. The highest BCUT2D eigenvalue weighted by molar-refractivity contribution is 8.04. The van der Waals surface area contributed by atoms with Crippen molar-refractivity contribution in [2.24, 2.45) is 0 Å². The van der Waals surface area contributed by atoms with Gasteiger partial charge in [-0.15, -0.1) is 0 Å². The molecule has 1 saturated heterocycles. The molecule has 1 aliphatic heterocycles. The molecular formula is C9H10N2O3S. The van der Waals surface area contributed by atoms with Crippen LogP contribution < -0.4 is 0 Å². The molecule has 0 aliphatic carbocycles. The van der Waals surface area contributed by atoms with Crippen LogP contribution in [0.1, 0.15) is 6.92 Å². The van der Waals surface area contributed by atoms with Crippen LogP contribution >= 0.6 is 11.8 Å². The maximum absolute atomic E-state index is 11.4. The van der Waals surface area contributed by atoms with E-state index in [0.717, 1.165) is 0 Å². The summed E-state index contributed by atoms with van der Waals surface area (Å²) in [7, 11) is 1.54.